The maximum absolute atomic E-state index is 13.4. The van der Waals surface area contributed by atoms with Gasteiger partial charge in [0.25, 0.3) is 0 Å². The summed E-state index contributed by atoms with van der Waals surface area (Å²) in [6, 6.07) is 13.3. The predicted octanol–water partition coefficient (Wildman–Crippen LogP) is 4.17. The Labute approximate surface area is 168 Å². The number of aromatic nitrogens is 1. The van der Waals surface area contributed by atoms with Gasteiger partial charge in [-0.25, -0.2) is 4.39 Å². The van der Waals surface area contributed by atoms with Crippen molar-refractivity contribution in [1.82, 2.24) is 5.16 Å². The van der Waals surface area contributed by atoms with E-state index in [9.17, 15) is 9.18 Å². The lowest BCUT2D eigenvalue weighted by molar-refractivity contribution is -0.143. The molecule has 3 rings (SSSR count). The number of nitrogens with zero attached hydrogens (tertiary/aromatic N) is 1. The van der Waals surface area contributed by atoms with Crippen molar-refractivity contribution in [3.63, 3.8) is 0 Å². The van der Waals surface area contributed by atoms with Gasteiger partial charge in [-0.1, -0.05) is 29.4 Å². The number of halogens is 1. The van der Waals surface area contributed by atoms with Crippen molar-refractivity contribution >= 4 is 5.97 Å². The Balaban J connectivity index is 1.40. The molecule has 0 radical (unpaired) electrons. The summed E-state index contributed by atoms with van der Waals surface area (Å²) in [5.74, 6) is 0.721. The summed E-state index contributed by atoms with van der Waals surface area (Å²) in [7, 11) is 0. The van der Waals surface area contributed by atoms with Crippen molar-refractivity contribution in [2.45, 2.75) is 26.9 Å². The molecule has 1 aromatic heterocycles. The standard InChI is InChI=1S/C22H22FNO5/c1-15-19(16(2)29-24-15)14-28-18-9-7-17(8-10-18)13-22(25)27-12-11-26-21-6-4-3-5-20(21)23/h3-10H,11-14H2,1-2H3. The molecule has 3 aromatic rings. The van der Waals surface area contributed by atoms with Crippen molar-refractivity contribution in [3.8, 4) is 11.5 Å². The predicted molar refractivity (Wildman–Crippen MR) is 103 cm³/mol. The normalized spacial score (nSPS) is 10.6. The highest BCUT2D eigenvalue weighted by Gasteiger charge is 2.10. The molecule has 29 heavy (non-hydrogen) atoms. The molecule has 0 unspecified atom stereocenters. The lowest BCUT2D eigenvalue weighted by atomic mass is 10.1. The van der Waals surface area contributed by atoms with E-state index in [0.717, 1.165) is 22.6 Å². The first-order valence-corrected chi connectivity index (χ1v) is 9.19. The average molecular weight is 399 g/mol. The highest BCUT2D eigenvalue weighted by molar-refractivity contribution is 5.72. The molecule has 0 bridgehead atoms. The third-order valence-corrected chi connectivity index (χ3v) is 4.28. The fraction of sp³-hybridized carbons (Fsp3) is 0.273. The second kappa shape index (κ2) is 9.73. The van der Waals surface area contributed by atoms with Gasteiger partial charge in [-0.3, -0.25) is 4.79 Å². The second-order valence-corrected chi connectivity index (χ2v) is 6.41. The Bertz CT molecular complexity index is 933. The Morgan fingerprint density at radius 3 is 2.48 bits per heavy atom. The van der Waals surface area contributed by atoms with E-state index in [4.69, 9.17) is 18.7 Å². The number of carbonyl (C=O) groups is 1. The Morgan fingerprint density at radius 2 is 1.79 bits per heavy atom. The van der Waals surface area contributed by atoms with Gasteiger partial charge in [-0.05, 0) is 43.7 Å². The quantitative estimate of drug-likeness (QED) is 0.397. The van der Waals surface area contributed by atoms with Crippen LogP contribution < -0.4 is 9.47 Å². The van der Waals surface area contributed by atoms with E-state index in [1.807, 2.05) is 13.8 Å². The number of benzene rings is 2. The highest BCUT2D eigenvalue weighted by Crippen LogP contribution is 2.18. The topological polar surface area (TPSA) is 70.8 Å². The summed E-state index contributed by atoms with van der Waals surface area (Å²) in [6.45, 7) is 4.21. The van der Waals surface area contributed by atoms with Crippen LogP contribution in [0, 0.1) is 19.7 Å². The van der Waals surface area contributed by atoms with E-state index in [-0.39, 0.29) is 31.4 Å². The van der Waals surface area contributed by atoms with Crippen LogP contribution >= 0.6 is 0 Å². The molecule has 0 aliphatic rings. The third-order valence-electron chi connectivity index (χ3n) is 4.28. The molecule has 0 spiro atoms. The van der Waals surface area contributed by atoms with Crippen LogP contribution in [0.4, 0.5) is 4.39 Å². The maximum Gasteiger partial charge on any atom is 0.310 e. The Kier molecular flexibility index (Phi) is 6.84. The second-order valence-electron chi connectivity index (χ2n) is 6.41. The van der Waals surface area contributed by atoms with Crippen LogP contribution in [0.25, 0.3) is 0 Å². The van der Waals surface area contributed by atoms with Crippen molar-refractivity contribution in [1.29, 1.82) is 0 Å². The summed E-state index contributed by atoms with van der Waals surface area (Å²) in [4.78, 5) is 11.9. The zero-order valence-corrected chi connectivity index (χ0v) is 16.3. The van der Waals surface area contributed by atoms with Crippen molar-refractivity contribution in [2.24, 2.45) is 0 Å². The SMILES string of the molecule is Cc1noc(C)c1COc1ccc(CC(=O)OCCOc2ccccc2F)cc1. The summed E-state index contributed by atoms with van der Waals surface area (Å²) in [5, 5.41) is 3.89. The van der Waals surface area contributed by atoms with Crippen molar-refractivity contribution < 1.29 is 27.9 Å². The van der Waals surface area contributed by atoms with Gasteiger partial charge in [0, 0.05) is 0 Å². The van der Waals surface area contributed by atoms with E-state index in [0.29, 0.717) is 12.4 Å². The van der Waals surface area contributed by atoms with Crippen LogP contribution in [0.5, 0.6) is 11.5 Å². The van der Waals surface area contributed by atoms with Crippen LogP contribution in [-0.2, 0) is 22.6 Å². The molecule has 2 aromatic carbocycles. The van der Waals surface area contributed by atoms with E-state index in [1.54, 1.807) is 36.4 Å². The molecule has 0 saturated heterocycles. The number of rotatable bonds is 9. The first-order valence-electron chi connectivity index (χ1n) is 9.19. The van der Waals surface area contributed by atoms with Gasteiger partial charge in [-0.15, -0.1) is 0 Å². The summed E-state index contributed by atoms with van der Waals surface area (Å²) < 4.78 is 34.6. The van der Waals surface area contributed by atoms with E-state index in [1.165, 1.54) is 12.1 Å². The number of esters is 1. The zero-order valence-electron chi connectivity index (χ0n) is 16.3. The van der Waals surface area contributed by atoms with Gasteiger partial charge < -0.3 is 18.7 Å². The minimum atomic E-state index is -0.449. The van der Waals surface area contributed by atoms with Gasteiger partial charge in [0.05, 0.1) is 17.7 Å². The van der Waals surface area contributed by atoms with Crippen LogP contribution in [0.1, 0.15) is 22.6 Å². The molecule has 1 heterocycles. The van der Waals surface area contributed by atoms with E-state index in [2.05, 4.69) is 5.16 Å². The number of carbonyl (C=O) groups excluding carboxylic acids is 1. The van der Waals surface area contributed by atoms with Gasteiger partial charge in [0.15, 0.2) is 11.6 Å². The third kappa shape index (κ3) is 5.81. The minimum Gasteiger partial charge on any atom is -0.489 e. The zero-order chi connectivity index (χ0) is 20.6. The minimum absolute atomic E-state index is 0.0474. The molecular formula is C22H22FNO5. The number of aryl methyl sites for hydroxylation is 2. The van der Waals surface area contributed by atoms with Gasteiger partial charge >= 0.3 is 5.97 Å². The number of hydrogen-bond donors (Lipinski definition) is 0. The first-order chi connectivity index (χ1) is 14.0. The first kappa shape index (κ1) is 20.4. The lowest BCUT2D eigenvalue weighted by Crippen LogP contribution is -2.14. The highest BCUT2D eigenvalue weighted by atomic mass is 19.1. The number of ether oxygens (including phenoxy) is 3. The number of para-hydroxylation sites is 1. The molecule has 0 aliphatic carbocycles. The van der Waals surface area contributed by atoms with Gasteiger partial charge in [0.2, 0.25) is 0 Å². The fourth-order valence-electron chi connectivity index (χ4n) is 2.65. The smallest absolute Gasteiger partial charge is 0.310 e. The van der Waals surface area contributed by atoms with Crippen LogP contribution in [-0.4, -0.2) is 24.3 Å². The van der Waals surface area contributed by atoms with Crippen LogP contribution in [0.2, 0.25) is 0 Å². The monoisotopic (exact) mass is 399 g/mol. The summed E-state index contributed by atoms with van der Waals surface area (Å²) in [5.41, 5.74) is 2.53. The van der Waals surface area contributed by atoms with E-state index >= 15 is 0 Å². The Morgan fingerprint density at radius 1 is 1.03 bits per heavy atom. The summed E-state index contributed by atoms with van der Waals surface area (Å²) in [6.07, 6.45) is 0.129. The Hall–Kier alpha value is -3.35. The molecule has 0 N–H and O–H groups in total. The average Bonchev–Trinajstić information content (AvgIpc) is 3.03. The van der Waals surface area contributed by atoms with Gasteiger partial charge in [-0.2, -0.15) is 0 Å². The van der Waals surface area contributed by atoms with Crippen molar-refractivity contribution in [3.05, 3.63) is 76.9 Å². The molecule has 0 aliphatic heterocycles. The largest absolute Gasteiger partial charge is 0.489 e. The molecule has 0 atom stereocenters. The maximum atomic E-state index is 13.4. The fourth-order valence-corrected chi connectivity index (χ4v) is 2.65. The molecule has 6 nitrogen and oxygen atoms in total. The summed E-state index contributed by atoms with van der Waals surface area (Å²) >= 11 is 0. The molecule has 152 valence electrons. The number of hydrogen-bond acceptors (Lipinski definition) is 6. The van der Waals surface area contributed by atoms with Crippen LogP contribution in [0.3, 0.4) is 0 Å². The van der Waals surface area contributed by atoms with Crippen molar-refractivity contribution in [2.75, 3.05) is 13.2 Å². The van der Waals surface area contributed by atoms with E-state index < -0.39 is 5.82 Å². The molecular weight excluding hydrogens is 377 g/mol. The molecule has 7 heteroatoms. The molecule has 0 fully saturated rings. The van der Waals surface area contributed by atoms with Crippen LogP contribution in [0.15, 0.2) is 53.1 Å². The molecule has 0 saturated carbocycles. The van der Waals surface area contributed by atoms with Gasteiger partial charge in [0.1, 0.15) is 31.3 Å². The lowest BCUT2D eigenvalue weighted by Gasteiger charge is -2.09. The molecule has 0 amide bonds.